The molecule has 2 aromatic carbocycles. The first-order valence-corrected chi connectivity index (χ1v) is 16.0. The molecule has 0 bridgehead atoms. The molecule has 0 saturated carbocycles. The van der Waals surface area contributed by atoms with Crippen molar-refractivity contribution in [1.82, 2.24) is 14.8 Å². The molecule has 0 radical (unpaired) electrons. The molecule has 4 heterocycles. The van der Waals surface area contributed by atoms with Gasteiger partial charge in [0.1, 0.15) is 5.82 Å². The van der Waals surface area contributed by atoms with Crippen molar-refractivity contribution in [2.45, 2.75) is 64.2 Å². The molecular weight excluding hydrogens is 603 g/mol. The van der Waals surface area contributed by atoms with Crippen LogP contribution in [0.3, 0.4) is 0 Å². The number of halogens is 3. The largest absolute Gasteiger partial charge is 0.870 e. The standard InChI is InChI=1S/C37H40F3N5O.H2O/c1-26-23-29(28-11-17-41-18-12-28)24-27(2)34(26)35(46)43-21-15-36(3,16-22-43)44-19-13-32(14-20-44)45(31-7-5-4-6-8-31)33-10-9-30(25-42-33)37(38,39)40;/h4-12,17-18,23-25,32H,13-16,19-22H2,1-3H3;1H2. The zero-order chi connectivity index (χ0) is 32.5. The Morgan fingerprint density at radius 2 is 1.51 bits per heavy atom. The van der Waals surface area contributed by atoms with Gasteiger partial charge in [-0.2, -0.15) is 13.2 Å². The van der Waals surface area contributed by atoms with Crippen molar-refractivity contribution in [3.05, 3.63) is 108 Å². The fourth-order valence-electron chi connectivity index (χ4n) is 7.19. The Morgan fingerprint density at radius 3 is 2.06 bits per heavy atom. The number of likely N-dealkylation sites (tertiary alicyclic amines) is 2. The Kier molecular flexibility index (Phi) is 10.0. The number of H-pyrrole nitrogens is 1. The number of piperidine rings is 2. The number of aromatic amines is 1. The van der Waals surface area contributed by atoms with E-state index in [4.69, 9.17) is 0 Å². The van der Waals surface area contributed by atoms with E-state index in [1.165, 1.54) is 6.07 Å². The third-order valence-corrected chi connectivity index (χ3v) is 9.88. The highest BCUT2D eigenvalue weighted by Gasteiger charge is 2.40. The highest BCUT2D eigenvalue weighted by atomic mass is 19.4. The van der Waals surface area contributed by atoms with Crippen molar-refractivity contribution in [2.75, 3.05) is 31.1 Å². The maximum Gasteiger partial charge on any atom is 0.417 e. The first-order chi connectivity index (χ1) is 22.0. The van der Waals surface area contributed by atoms with Crippen molar-refractivity contribution < 1.29 is 28.4 Å². The van der Waals surface area contributed by atoms with Crippen LogP contribution in [0, 0.1) is 13.8 Å². The molecule has 47 heavy (non-hydrogen) atoms. The maximum atomic E-state index is 13.8. The van der Waals surface area contributed by atoms with Crippen molar-refractivity contribution >= 4 is 17.4 Å². The minimum atomic E-state index is -4.42. The van der Waals surface area contributed by atoms with E-state index in [9.17, 15) is 18.0 Å². The summed E-state index contributed by atoms with van der Waals surface area (Å²) in [5.74, 6) is 0.628. The molecule has 7 nitrogen and oxygen atoms in total. The van der Waals surface area contributed by atoms with Crippen LogP contribution in [0.5, 0.6) is 0 Å². The van der Waals surface area contributed by atoms with Gasteiger partial charge in [0.15, 0.2) is 12.4 Å². The van der Waals surface area contributed by atoms with Crippen molar-refractivity contribution in [1.29, 1.82) is 0 Å². The minimum absolute atomic E-state index is 0. The van der Waals surface area contributed by atoms with E-state index in [0.717, 1.165) is 84.5 Å². The number of alkyl halides is 3. The summed E-state index contributed by atoms with van der Waals surface area (Å²) in [5, 5.41) is 0. The van der Waals surface area contributed by atoms with Crippen molar-refractivity contribution in [3.63, 3.8) is 0 Å². The van der Waals surface area contributed by atoms with Crippen LogP contribution in [-0.4, -0.2) is 63.9 Å². The number of anilines is 2. The average Bonchev–Trinajstić information content (AvgIpc) is 3.06. The molecule has 10 heteroatoms. The van der Waals surface area contributed by atoms with Crippen LogP contribution in [0.4, 0.5) is 24.7 Å². The van der Waals surface area contributed by atoms with Gasteiger partial charge in [0.05, 0.1) is 5.56 Å². The lowest BCUT2D eigenvalue weighted by Gasteiger charge is -2.50. The predicted molar refractivity (Wildman–Crippen MR) is 176 cm³/mol. The van der Waals surface area contributed by atoms with Gasteiger partial charge >= 0.3 is 6.18 Å². The Hall–Kier alpha value is -4.28. The van der Waals surface area contributed by atoms with Gasteiger partial charge in [0, 0.05) is 67.3 Å². The summed E-state index contributed by atoms with van der Waals surface area (Å²) in [6, 6.07) is 20.8. The van der Waals surface area contributed by atoms with Gasteiger partial charge in [0.2, 0.25) is 0 Å². The number of carbonyl (C=O) groups is 1. The summed E-state index contributed by atoms with van der Waals surface area (Å²) in [7, 11) is 0. The molecule has 2 N–H and O–H groups in total. The number of pyridine rings is 2. The lowest BCUT2D eigenvalue weighted by atomic mass is 9.84. The highest BCUT2D eigenvalue weighted by molar-refractivity contribution is 5.98. The highest BCUT2D eigenvalue weighted by Crippen LogP contribution is 2.37. The summed E-state index contributed by atoms with van der Waals surface area (Å²) in [6.07, 6.45) is 3.82. The van der Waals surface area contributed by atoms with E-state index >= 15 is 0 Å². The monoisotopic (exact) mass is 645 g/mol. The lowest BCUT2D eigenvalue weighted by molar-refractivity contribution is -0.377. The topological polar surface area (TPSA) is 83.8 Å². The smallest absolute Gasteiger partial charge is 0.417 e. The zero-order valence-electron chi connectivity index (χ0n) is 27.1. The summed E-state index contributed by atoms with van der Waals surface area (Å²) in [4.78, 5) is 27.7. The SMILES string of the molecule is Cc1cc(-c2cc[nH+]cc2)cc(C)c1C(=O)N1CCC(C)(N2CCC(N(c3ccccc3)c3ccc(C(F)(F)F)cn3)CC2)CC1.[OH-]. The van der Waals surface area contributed by atoms with Gasteiger partial charge in [-0.1, -0.05) is 30.3 Å². The number of carbonyl (C=O) groups excluding carboxylic acids is 1. The zero-order valence-corrected chi connectivity index (χ0v) is 27.1. The second-order valence-corrected chi connectivity index (χ2v) is 12.9. The molecule has 1 amide bonds. The molecule has 6 rings (SSSR count). The number of nitrogens with zero attached hydrogens (tertiary/aromatic N) is 4. The van der Waals surface area contributed by atoms with Crippen LogP contribution in [0.15, 0.2) is 85.3 Å². The van der Waals surface area contributed by atoms with Gasteiger partial charge in [-0.15, -0.1) is 0 Å². The van der Waals surface area contributed by atoms with Crippen molar-refractivity contribution in [3.8, 4) is 11.1 Å². The van der Waals surface area contributed by atoms with E-state index < -0.39 is 11.7 Å². The van der Waals surface area contributed by atoms with Gasteiger partial charge in [-0.3, -0.25) is 9.69 Å². The van der Waals surface area contributed by atoms with Gasteiger partial charge in [-0.05, 0) is 93.0 Å². The van der Waals surface area contributed by atoms with Gasteiger partial charge in [-0.25, -0.2) is 9.97 Å². The quantitative estimate of drug-likeness (QED) is 0.220. The molecule has 248 valence electrons. The molecule has 0 spiro atoms. The number of rotatable bonds is 6. The van der Waals surface area contributed by atoms with Gasteiger partial charge < -0.3 is 15.3 Å². The predicted octanol–water partition coefficient (Wildman–Crippen LogP) is 7.32. The third-order valence-electron chi connectivity index (χ3n) is 9.88. The maximum absolute atomic E-state index is 13.8. The third kappa shape index (κ3) is 7.18. The number of nitrogens with one attached hydrogen (secondary N) is 1. The van der Waals surface area contributed by atoms with Gasteiger partial charge in [0.25, 0.3) is 5.91 Å². The summed E-state index contributed by atoms with van der Waals surface area (Å²) in [6.45, 7) is 9.51. The fraction of sp³-hybridized carbons (Fsp3) is 0.378. The number of hydrogen-bond acceptors (Lipinski definition) is 5. The van der Waals surface area contributed by atoms with Crippen LogP contribution >= 0.6 is 0 Å². The number of hydrogen-bond donors (Lipinski definition) is 0. The first-order valence-electron chi connectivity index (χ1n) is 16.0. The Morgan fingerprint density at radius 1 is 0.894 bits per heavy atom. The number of para-hydroxylation sites is 1. The molecule has 0 atom stereocenters. The van der Waals surface area contributed by atoms with E-state index in [1.54, 1.807) is 0 Å². The van der Waals surface area contributed by atoms with Crippen LogP contribution in [0.2, 0.25) is 0 Å². The Balaban J connectivity index is 0.00000433. The van der Waals surface area contributed by atoms with Crippen LogP contribution in [0.25, 0.3) is 11.1 Å². The minimum Gasteiger partial charge on any atom is -0.870 e. The number of amides is 1. The molecule has 2 saturated heterocycles. The second kappa shape index (κ2) is 13.8. The summed E-state index contributed by atoms with van der Waals surface area (Å²) in [5.41, 5.74) is 5.16. The average molecular weight is 646 g/mol. The second-order valence-electron chi connectivity index (χ2n) is 12.9. The number of aryl methyl sites for hydroxylation is 2. The lowest BCUT2D eigenvalue weighted by Crippen LogP contribution is -2.58. The summed E-state index contributed by atoms with van der Waals surface area (Å²) < 4.78 is 39.7. The normalized spacial score (nSPS) is 17.2. The van der Waals surface area contributed by atoms with E-state index in [2.05, 4.69) is 38.8 Å². The molecule has 2 aliphatic rings. The van der Waals surface area contributed by atoms with E-state index in [0.29, 0.717) is 18.9 Å². The molecule has 4 aromatic rings. The molecule has 0 unspecified atom stereocenters. The molecule has 2 aromatic heterocycles. The first kappa shape index (κ1) is 34.1. The van der Waals surface area contributed by atoms with Crippen LogP contribution in [-0.2, 0) is 6.18 Å². The molecule has 0 aliphatic carbocycles. The van der Waals surface area contributed by atoms with Crippen molar-refractivity contribution in [2.24, 2.45) is 0 Å². The molecule has 2 aliphatic heterocycles. The fourth-order valence-corrected chi connectivity index (χ4v) is 7.19. The van der Waals surface area contributed by atoms with E-state index in [-0.39, 0.29) is 23.0 Å². The Bertz CT molecular complexity index is 1630. The van der Waals surface area contributed by atoms with Crippen LogP contribution in [0.1, 0.15) is 59.7 Å². The van der Waals surface area contributed by atoms with E-state index in [1.807, 2.05) is 73.6 Å². The molecular formula is C37H42F3N5O2. The number of benzene rings is 2. The molecule has 2 fully saturated rings. The number of aromatic nitrogens is 2. The Labute approximate surface area is 274 Å². The van der Waals surface area contributed by atoms with Crippen LogP contribution < -0.4 is 9.88 Å². The summed E-state index contributed by atoms with van der Waals surface area (Å²) >= 11 is 0.